The molecule has 17 heavy (non-hydrogen) atoms. The summed E-state index contributed by atoms with van der Waals surface area (Å²) in [6, 6.07) is 6.19. The van der Waals surface area contributed by atoms with E-state index in [-0.39, 0.29) is 0 Å². The third kappa shape index (κ3) is 2.65. The zero-order chi connectivity index (χ0) is 12.3. The van der Waals surface area contributed by atoms with E-state index in [9.17, 15) is 0 Å². The third-order valence-corrected chi connectivity index (χ3v) is 2.60. The Labute approximate surface area is 101 Å². The Morgan fingerprint density at radius 2 is 2.12 bits per heavy atom. The van der Waals surface area contributed by atoms with E-state index in [1.54, 1.807) is 7.11 Å². The number of aromatic amines is 1. The minimum Gasteiger partial charge on any atom is -0.496 e. The lowest BCUT2D eigenvalue weighted by atomic mass is 10.1. The van der Waals surface area contributed by atoms with Crippen LogP contribution in [0.1, 0.15) is 5.56 Å². The fraction of sp³-hybridized carbons (Fsp3) is 0.308. The van der Waals surface area contributed by atoms with Crippen LogP contribution < -0.4 is 4.74 Å². The molecule has 0 amide bonds. The van der Waals surface area contributed by atoms with Gasteiger partial charge in [-0.25, -0.2) is 0 Å². The average Bonchev–Trinajstić information content (AvgIpc) is 2.81. The highest BCUT2D eigenvalue weighted by atomic mass is 16.5. The van der Waals surface area contributed by atoms with Crippen molar-refractivity contribution in [2.24, 2.45) is 0 Å². The van der Waals surface area contributed by atoms with Crippen molar-refractivity contribution < 1.29 is 4.74 Å². The summed E-state index contributed by atoms with van der Waals surface area (Å²) in [5.74, 6) is 0.922. The summed E-state index contributed by atoms with van der Waals surface area (Å²) in [6.07, 6.45) is 3.71. The van der Waals surface area contributed by atoms with Crippen molar-refractivity contribution in [3.63, 3.8) is 0 Å². The van der Waals surface area contributed by atoms with Gasteiger partial charge >= 0.3 is 0 Å². The zero-order valence-corrected chi connectivity index (χ0v) is 10.4. The molecule has 0 saturated carbocycles. The molecule has 1 aromatic carbocycles. The van der Waals surface area contributed by atoms with Crippen molar-refractivity contribution in [2.45, 2.75) is 6.54 Å². The van der Waals surface area contributed by atoms with Crippen LogP contribution in [0.15, 0.2) is 30.6 Å². The number of hydrogen-bond donors (Lipinski definition) is 1. The van der Waals surface area contributed by atoms with Gasteiger partial charge in [0.25, 0.3) is 0 Å². The summed E-state index contributed by atoms with van der Waals surface area (Å²) >= 11 is 0. The number of hydrogen-bond acceptors (Lipinski definition) is 3. The molecule has 0 aliphatic rings. The Balaban J connectivity index is 2.37. The highest BCUT2D eigenvalue weighted by Gasteiger charge is 2.07. The van der Waals surface area contributed by atoms with Crippen LogP contribution >= 0.6 is 0 Å². The molecule has 90 valence electrons. The van der Waals surface area contributed by atoms with E-state index in [1.165, 1.54) is 5.56 Å². The number of ether oxygens (including phenoxy) is 1. The SMILES string of the molecule is COc1ccc(-c2cn[nH]c2)cc1CN(C)C. The molecule has 0 radical (unpaired) electrons. The summed E-state index contributed by atoms with van der Waals surface area (Å²) in [4.78, 5) is 2.12. The first-order valence-electron chi connectivity index (χ1n) is 5.51. The largest absolute Gasteiger partial charge is 0.496 e. The number of aromatic nitrogens is 2. The molecular weight excluding hydrogens is 214 g/mol. The Morgan fingerprint density at radius 1 is 1.29 bits per heavy atom. The smallest absolute Gasteiger partial charge is 0.123 e. The van der Waals surface area contributed by atoms with Crippen LogP contribution in [0.4, 0.5) is 0 Å². The number of benzene rings is 1. The van der Waals surface area contributed by atoms with Crippen LogP contribution in [0, 0.1) is 0 Å². The fourth-order valence-electron chi connectivity index (χ4n) is 1.83. The van der Waals surface area contributed by atoms with Gasteiger partial charge in [0, 0.05) is 23.9 Å². The standard InChI is InChI=1S/C13H17N3O/c1-16(2)9-11-6-10(4-5-13(11)17-3)12-7-14-15-8-12/h4-8H,9H2,1-3H3,(H,14,15). The predicted molar refractivity (Wildman–Crippen MR) is 68.0 cm³/mol. The maximum absolute atomic E-state index is 5.37. The highest BCUT2D eigenvalue weighted by molar-refractivity contribution is 5.64. The third-order valence-electron chi connectivity index (χ3n) is 2.60. The lowest BCUT2D eigenvalue weighted by Gasteiger charge is -2.14. The van der Waals surface area contributed by atoms with Gasteiger partial charge in [0.15, 0.2) is 0 Å². The maximum atomic E-state index is 5.37. The molecule has 4 heteroatoms. The van der Waals surface area contributed by atoms with Gasteiger partial charge < -0.3 is 9.64 Å². The minimum atomic E-state index is 0.856. The monoisotopic (exact) mass is 231 g/mol. The fourth-order valence-corrected chi connectivity index (χ4v) is 1.83. The van der Waals surface area contributed by atoms with Crippen LogP contribution in [-0.2, 0) is 6.54 Å². The zero-order valence-electron chi connectivity index (χ0n) is 10.4. The van der Waals surface area contributed by atoms with E-state index >= 15 is 0 Å². The first kappa shape index (κ1) is 11.7. The molecule has 1 heterocycles. The van der Waals surface area contributed by atoms with Gasteiger partial charge in [-0.2, -0.15) is 5.10 Å². The van der Waals surface area contributed by atoms with E-state index in [1.807, 2.05) is 38.6 Å². The van der Waals surface area contributed by atoms with Crippen molar-refractivity contribution in [1.29, 1.82) is 0 Å². The molecule has 2 aromatic rings. The van der Waals surface area contributed by atoms with Gasteiger partial charge in [0.05, 0.1) is 13.3 Å². The molecule has 1 aromatic heterocycles. The van der Waals surface area contributed by atoms with E-state index in [0.717, 1.165) is 23.4 Å². The minimum absolute atomic E-state index is 0.856. The number of nitrogens with one attached hydrogen (secondary N) is 1. The van der Waals surface area contributed by atoms with Gasteiger partial charge in [-0.3, -0.25) is 5.10 Å². The van der Waals surface area contributed by atoms with Gasteiger partial charge in [0.1, 0.15) is 5.75 Å². The second-order valence-electron chi connectivity index (χ2n) is 4.25. The molecule has 0 aliphatic heterocycles. The number of nitrogens with zero attached hydrogens (tertiary/aromatic N) is 2. The van der Waals surface area contributed by atoms with Crippen LogP contribution in [0.5, 0.6) is 5.75 Å². The Morgan fingerprint density at radius 3 is 2.71 bits per heavy atom. The average molecular weight is 231 g/mol. The first-order valence-corrected chi connectivity index (χ1v) is 5.51. The second-order valence-corrected chi connectivity index (χ2v) is 4.25. The normalized spacial score (nSPS) is 10.8. The van der Waals surface area contributed by atoms with Crippen molar-refractivity contribution >= 4 is 0 Å². The molecule has 0 unspecified atom stereocenters. The molecule has 0 fully saturated rings. The molecule has 0 saturated heterocycles. The lowest BCUT2D eigenvalue weighted by Crippen LogP contribution is -2.11. The van der Waals surface area contributed by atoms with Crippen molar-refractivity contribution in [1.82, 2.24) is 15.1 Å². The van der Waals surface area contributed by atoms with Crippen LogP contribution in [0.2, 0.25) is 0 Å². The van der Waals surface area contributed by atoms with E-state index < -0.39 is 0 Å². The molecule has 0 atom stereocenters. The van der Waals surface area contributed by atoms with E-state index in [4.69, 9.17) is 4.74 Å². The van der Waals surface area contributed by atoms with Gasteiger partial charge in [0.2, 0.25) is 0 Å². The van der Waals surface area contributed by atoms with Gasteiger partial charge in [-0.1, -0.05) is 6.07 Å². The molecule has 1 N–H and O–H groups in total. The quantitative estimate of drug-likeness (QED) is 0.876. The van der Waals surface area contributed by atoms with Gasteiger partial charge in [-0.05, 0) is 31.8 Å². The predicted octanol–water partition coefficient (Wildman–Crippen LogP) is 2.15. The van der Waals surface area contributed by atoms with E-state index in [2.05, 4.69) is 21.2 Å². The number of H-pyrrole nitrogens is 1. The maximum Gasteiger partial charge on any atom is 0.123 e. The van der Waals surface area contributed by atoms with Crippen molar-refractivity contribution in [3.8, 4) is 16.9 Å². The highest BCUT2D eigenvalue weighted by Crippen LogP contribution is 2.26. The number of rotatable bonds is 4. The summed E-state index contributed by atoms with van der Waals surface area (Å²) in [5.41, 5.74) is 3.42. The molecule has 0 aliphatic carbocycles. The lowest BCUT2D eigenvalue weighted by molar-refractivity contribution is 0.372. The second kappa shape index (κ2) is 5.01. The van der Waals surface area contributed by atoms with Gasteiger partial charge in [-0.15, -0.1) is 0 Å². The summed E-state index contributed by atoms with van der Waals surface area (Å²) in [5, 5.41) is 6.79. The topological polar surface area (TPSA) is 41.1 Å². The van der Waals surface area contributed by atoms with Crippen LogP contribution in [0.3, 0.4) is 0 Å². The van der Waals surface area contributed by atoms with Crippen molar-refractivity contribution in [3.05, 3.63) is 36.2 Å². The molecule has 2 rings (SSSR count). The van der Waals surface area contributed by atoms with E-state index in [0.29, 0.717) is 0 Å². The molecule has 0 spiro atoms. The Bertz CT molecular complexity index is 477. The summed E-state index contributed by atoms with van der Waals surface area (Å²) in [7, 11) is 5.79. The molecule has 4 nitrogen and oxygen atoms in total. The van der Waals surface area contributed by atoms with Crippen LogP contribution in [-0.4, -0.2) is 36.3 Å². The first-order chi connectivity index (χ1) is 8.20. The molecule has 0 bridgehead atoms. The van der Waals surface area contributed by atoms with Crippen LogP contribution in [0.25, 0.3) is 11.1 Å². The molecular formula is C13H17N3O. The Hall–Kier alpha value is -1.81. The van der Waals surface area contributed by atoms with Crippen molar-refractivity contribution in [2.75, 3.05) is 21.2 Å². The Kier molecular flexibility index (Phi) is 3.44. The summed E-state index contributed by atoms with van der Waals surface area (Å²) in [6.45, 7) is 0.856. The summed E-state index contributed by atoms with van der Waals surface area (Å²) < 4.78 is 5.37. The number of methoxy groups -OCH3 is 1.